The summed E-state index contributed by atoms with van der Waals surface area (Å²) < 4.78 is 0.563. The van der Waals surface area contributed by atoms with Gasteiger partial charge >= 0.3 is 5.97 Å². The molecule has 0 saturated carbocycles. The molecule has 0 radical (unpaired) electrons. The molecule has 0 aliphatic rings. The van der Waals surface area contributed by atoms with Crippen molar-refractivity contribution in [2.24, 2.45) is 5.73 Å². The molecule has 7 heteroatoms. The quantitative estimate of drug-likeness (QED) is 0.767. The topological polar surface area (TPSA) is 92.4 Å². The molecular weight excluding hydrogens is 360 g/mol. The zero-order chi connectivity index (χ0) is 15.6. The summed E-state index contributed by atoms with van der Waals surface area (Å²) in [7, 11) is 0. The van der Waals surface area contributed by atoms with E-state index in [9.17, 15) is 9.59 Å². The number of amides is 1. The second kappa shape index (κ2) is 6.15. The monoisotopic (exact) mass is 368 g/mol. The van der Waals surface area contributed by atoms with Crippen LogP contribution in [-0.2, 0) is 0 Å². The third-order valence-corrected chi connectivity index (χ3v) is 3.71. The van der Waals surface area contributed by atoms with Crippen molar-refractivity contribution in [2.75, 3.05) is 5.32 Å². The van der Waals surface area contributed by atoms with Crippen LogP contribution < -0.4 is 11.1 Å². The number of hydrogen-bond acceptors (Lipinski definition) is 3. The highest BCUT2D eigenvalue weighted by molar-refractivity contribution is 9.10. The van der Waals surface area contributed by atoms with Crippen LogP contribution in [0.4, 0.5) is 11.4 Å². The summed E-state index contributed by atoms with van der Waals surface area (Å²) in [6.07, 6.45) is 0. The maximum Gasteiger partial charge on any atom is 0.337 e. The fourth-order valence-electron chi connectivity index (χ4n) is 1.80. The van der Waals surface area contributed by atoms with Crippen LogP contribution in [0.3, 0.4) is 0 Å². The summed E-state index contributed by atoms with van der Waals surface area (Å²) in [5, 5.41) is 12.0. The van der Waals surface area contributed by atoms with Gasteiger partial charge in [0, 0.05) is 10.2 Å². The lowest BCUT2D eigenvalue weighted by molar-refractivity contribution is 0.0697. The molecule has 0 fully saturated rings. The summed E-state index contributed by atoms with van der Waals surface area (Å²) in [5.74, 6) is -1.69. The van der Waals surface area contributed by atoms with E-state index >= 15 is 0 Å². The van der Waals surface area contributed by atoms with Gasteiger partial charge in [0.1, 0.15) is 0 Å². The van der Waals surface area contributed by atoms with E-state index in [2.05, 4.69) is 21.2 Å². The maximum absolute atomic E-state index is 11.5. The zero-order valence-electron chi connectivity index (χ0n) is 10.6. The molecule has 0 aliphatic carbocycles. The first kappa shape index (κ1) is 15.3. The van der Waals surface area contributed by atoms with Gasteiger partial charge in [-0.25, -0.2) is 4.79 Å². The Bertz CT molecular complexity index is 734. The van der Waals surface area contributed by atoms with E-state index < -0.39 is 11.9 Å². The van der Waals surface area contributed by atoms with Gasteiger partial charge in [-0.1, -0.05) is 17.7 Å². The van der Waals surface area contributed by atoms with Gasteiger partial charge in [0.25, 0.3) is 5.91 Å². The molecule has 0 atom stereocenters. The van der Waals surface area contributed by atoms with Crippen molar-refractivity contribution in [1.82, 2.24) is 0 Å². The molecular formula is C14H10BrClN2O3. The molecule has 0 unspecified atom stereocenters. The highest BCUT2D eigenvalue weighted by atomic mass is 79.9. The van der Waals surface area contributed by atoms with Crippen molar-refractivity contribution in [1.29, 1.82) is 0 Å². The van der Waals surface area contributed by atoms with E-state index in [0.717, 1.165) is 0 Å². The van der Waals surface area contributed by atoms with Gasteiger partial charge in [0.2, 0.25) is 0 Å². The van der Waals surface area contributed by atoms with Gasteiger partial charge in [-0.3, -0.25) is 4.79 Å². The van der Waals surface area contributed by atoms with Crippen LogP contribution in [0.5, 0.6) is 0 Å². The van der Waals surface area contributed by atoms with E-state index in [0.29, 0.717) is 21.4 Å². The van der Waals surface area contributed by atoms with Crippen LogP contribution in [0.2, 0.25) is 5.02 Å². The second-order valence-corrected chi connectivity index (χ2v) is 5.41. The van der Waals surface area contributed by atoms with E-state index in [-0.39, 0.29) is 10.6 Å². The first-order valence-corrected chi connectivity index (χ1v) is 6.95. The predicted molar refractivity (Wildman–Crippen MR) is 84.4 cm³/mol. The van der Waals surface area contributed by atoms with Crippen LogP contribution in [-0.4, -0.2) is 17.0 Å². The number of aromatic carboxylic acids is 1. The Balaban J connectivity index is 2.39. The summed E-state index contributed by atoms with van der Waals surface area (Å²) in [4.78, 5) is 22.4. The van der Waals surface area contributed by atoms with Crippen LogP contribution in [0.15, 0.2) is 40.9 Å². The first-order chi connectivity index (χ1) is 9.90. The number of halogens is 2. The lowest BCUT2D eigenvalue weighted by atomic mass is 10.1. The van der Waals surface area contributed by atoms with Crippen molar-refractivity contribution < 1.29 is 14.7 Å². The molecule has 0 spiro atoms. The molecule has 0 heterocycles. The minimum Gasteiger partial charge on any atom is -0.478 e. The Morgan fingerprint density at radius 1 is 1.24 bits per heavy atom. The molecule has 2 aromatic carbocycles. The Morgan fingerprint density at radius 2 is 1.95 bits per heavy atom. The number of rotatable bonds is 4. The zero-order valence-corrected chi connectivity index (χ0v) is 12.9. The summed E-state index contributed by atoms with van der Waals surface area (Å²) in [6.45, 7) is 0. The van der Waals surface area contributed by atoms with Gasteiger partial charge in [-0.2, -0.15) is 0 Å². The van der Waals surface area contributed by atoms with Gasteiger partial charge in [0.15, 0.2) is 0 Å². The van der Waals surface area contributed by atoms with E-state index in [1.807, 2.05) is 0 Å². The highest BCUT2D eigenvalue weighted by Crippen LogP contribution is 2.29. The number of carboxylic acid groups (broad SMARTS) is 1. The smallest absolute Gasteiger partial charge is 0.337 e. The van der Waals surface area contributed by atoms with Crippen molar-refractivity contribution >= 4 is 50.8 Å². The Kier molecular flexibility index (Phi) is 4.50. The fourth-order valence-corrected chi connectivity index (χ4v) is 2.62. The number of hydrogen-bond donors (Lipinski definition) is 3. The molecule has 0 saturated heterocycles. The standard InChI is InChI=1S/C14H10BrClN2O3/c15-9-2-1-3-11(12(9)13(17)19)18-7-4-5-8(14(20)21)10(16)6-7/h1-6,18H,(H2,17,19)(H,20,21). The number of carboxylic acids is 1. The molecule has 2 rings (SSSR count). The van der Waals surface area contributed by atoms with Crippen molar-refractivity contribution in [3.05, 3.63) is 57.0 Å². The van der Waals surface area contributed by atoms with Crippen LogP contribution in [0.25, 0.3) is 0 Å². The number of nitrogens with two attached hydrogens (primary N) is 1. The maximum atomic E-state index is 11.5. The van der Waals surface area contributed by atoms with Crippen molar-refractivity contribution in [3.63, 3.8) is 0 Å². The largest absolute Gasteiger partial charge is 0.478 e. The summed E-state index contributed by atoms with van der Waals surface area (Å²) >= 11 is 9.16. The molecule has 108 valence electrons. The van der Waals surface area contributed by atoms with Gasteiger partial charge in [-0.05, 0) is 46.3 Å². The van der Waals surface area contributed by atoms with Crippen LogP contribution in [0.1, 0.15) is 20.7 Å². The molecule has 21 heavy (non-hydrogen) atoms. The van der Waals surface area contributed by atoms with Crippen molar-refractivity contribution in [2.45, 2.75) is 0 Å². The van der Waals surface area contributed by atoms with Crippen LogP contribution in [0, 0.1) is 0 Å². The minimum absolute atomic E-state index is 0.00610. The SMILES string of the molecule is NC(=O)c1c(Br)cccc1Nc1ccc(C(=O)O)c(Cl)c1. The normalized spacial score (nSPS) is 10.2. The van der Waals surface area contributed by atoms with Gasteiger partial charge in [0.05, 0.1) is 21.8 Å². The van der Waals surface area contributed by atoms with E-state index in [1.54, 1.807) is 24.3 Å². The lowest BCUT2D eigenvalue weighted by Crippen LogP contribution is -2.14. The molecule has 0 aliphatic heterocycles. The molecule has 2 aromatic rings. The Hall–Kier alpha value is -2.05. The summed E-state index contributed by atoms with van der Waals surface area (Å²) in [6, 6.07) is 9.54. The fraction of sp³-hybridized carbons (Fsp3) is 0. The Labute approximate surface area is 133 Å². The third-order valence-electron chi connectivity index (χ3n) is 2.74. The van der Waals surface area contributed by atoms with Gasteiger partial charge < -0.3 is 16.2 Å². The number of benzene rings is 2. The number of carbonyl (C=O) groups is 2. The Morgan fingerprint density at radius 3 is 2.52 bits per heavy atom. The average molecular weight is 370 g/mol. The van der Waals surface area contributed by atoms with Crippen molar-refractivity contribution in [3.8, 4) is 0 Å². The molecule has 5 nitrogen and oxygen atoms in total. The third kappa shape index (κ3) is 3.34. The lowest BCUT2D eigenvalue weighted by Gasteiger charge is -2.12. The number of nitrogens with one attached hydrogen (secondary N) is 1. The minimum atomic E-state index is -1.10. The molecule has 4 N–H and O–H groups in total. The predicted octanol–water partition coefficient (Wildman–Crippen LogP) is 3.64. The average Bonchev–Trinajstić information content (AvgIpc) is 2.37. The number of carbonyl (C=O) groups excluding carboxylic acids is 1. The molecule has 0 bridgehead atoms. The number of primary amides is 1. The molecule has 0 aromatic heterocycles. The van der Waals surface area contributed by atoms with E-state index in [1.165, 1.54) is 12.1 Å². The summed E-state index contributed by atoms with van der Waals surface area (Å²) in [5.41, 5.74) is 6.70. The van der Waals surface area contributed by atoms with E-state index in [4.69, 9.17) is 22.4 Å². The number of anilines is 2. The van der Waals surface area contributed by atoms with Crippen LogP contribution >= 0.6 is 27.5 Å². The van der Waals surface area contributed by atoms with Gasteiger partial charge in [-0.15, -0.1) is 0 Å². The molecule has 1 amide bonds. The highest BCUT2D eigenvalue weighted by Gasteiger charge is 2.13. The first-order valence-electron chi connectivity index (χ1n) is 5.78. The second-order valence-electron chi connectivity index (χ2n) is 4.15.